The van der Waals surface area contributed by atoms with Gasteiger partial charge in [-0.1, -0.05) is 48.5 Å². The van der Waals surface area contributed by atoms with E-state index < -0.39 is 6.04 Å². The molecule has 2 aromatic carbocycles. The first-order valence-electron chi connectivity index (χ1n) is 8.02. The summed E-state index contributed by atoms with van der Waals surface area (Å²) < 4.78 is 5.91. The summed E-state index contributed by atoms with van der Waals surface area (Å²) in [5, 5.41) is 5.34. The van der Waals surface area contributed by atoms with Crippen molar-refractivity contribution in [2.75, 3.05) is 12.4 Å². The molecule has 0 fully saturated rings. The van der Waals surface area contributed by atoms with E-state index in [1.54, 1.807) is 6.20 Å². The minimum absolute atomic E-state index is 0.310. The molecule has 0 aliphatic carbocycles. The number of carbonyl (C=O) groups excluding carboxylic acids is 1. The lowest BCUT2D eigenvalue weighted by molar-refractivity contribution is -0.141. The van der Waals surface area contributed by atoms with E-state index in [0.717, 1.165) is 26.4 Å². The summed E-state index contributed by atoms with van der Waals surface area (Å²) in [4.78, 5) is 16.8. The number of rotatable bonds is 5. The predicted octanol–water partition coefficient (Wildman–Crippen LogP) is 4.50. The van der Waals surface area contributed by atoms with Crippen molar-refractivity contribution in [3.05, 3.63) is 70.3 Å². The van der Waals surface area contributed by atoms with Crippen LogP contribution in [-0.2, 0) is 16.0 Å². The van der Waals surface area contributed by atoms with Crippen molar-refractivity contribution < 1.29 is 9.53 Å². The number of carbonyl (C=O) groups is 1. The van der Waals surface area contributed by atoms with Crippen LogP contribution in [0.1, 0.15) is 11.1 Å². The Balaban J connectivity index is 1.99. The largest absolute Gasteiger partial charge is 0.467 e. The SMILES string of the molecule is COC(=O)C(Cc1ccccc1)Nc1ncc(Br)c2cccc(C)c12. The van der Waals surface area contributed by atoms with Crippen LogP contribution in [0.2, 0.25) is 0 Å². The first kappa shape index (κ1) is 17.4. The van der Waals surface area contributed by atoms with E-state index in [0.29, 0.717) is 12.2 Å². The average molecular weight is 399 g/mol. The molecule has 1 aromatic heterocycles. The lowest BCUT2D eigenvalue weighted by atomic mass is 10.0. The molecule has 0 saturated carbocycles. The van der Waals surface area contributed by atoms with Gasteiger partial charge in [0.1, 0.15) is 11.9 Å². The molecule has 25 heavy (non-hydrogen) atoms. The van der Waals surface area contributed by atoms with Gasteiger partial charge in [0.05, 0.1) is 7.11 Å². The molecule has 1 heterocycles. The van der Waals surface area contributed by atoms with Crippen molar-refractivity contribution in [1.82, 2.24) is 4.98 Å². The first-order chi connectivity index (χ1) is 12.1. The third-order valence-corrected chi connectivity index (χ3v) is 4.79. The quantitative estimate of drug-likeness (QED) is 0.642. The monoisotopic (exact) mass is 398 g/mol. The van der Waals surface area contributed by atoms with Crippen LogP contribution in [0.15, 0.2) is 59.2 Å². The summed E-state index contributed by atoms with van der Waals surface area (Å²) in [5.41, 5.74) is 2.15. The number of hydrogen-bond acceptors (Lipinski definition) is 4. The summed E-state index contributed by atoms with van der Waals surface area (Å²) in [6.45, 7) is 2.03. The molecule has 0 spiro atoms. The van der Waals surface area contributed by atoms with Crippen LogP contribution in [0, 0.1) is 6.92 Å². The van der Waals surface area contributed by atoms with E-state index in [9.17, 15) is 4.79 Å². The number of nitrogens with one attached hydrogen (secondary N) is 1. The summed E-state index contributed by atoms with van der Waals surface area (Å²) in [6, 6.07) is 15.4. The van der Waals surface area contributed by atoms with Gasteiger partial charge in [0.2, 0.25) is 0 Å². The van der Waals surface area contributed by atoms with Gasteiger partial charge in [0, 0.05) is 27.9 Å². The fourth-order valence-corrected chi connectivity index (χ4v) is 3.33. The Morgan fingerprint density at radius 2 is 1.96 bits per heavy atom. The minimum atomic E-state index is -0.510. The van der Waals surface area contributed by atoms with Crippen molar-refractivity contribution in [3.63, 3.8) is 0 Å². The van der Waals surface area contributed by atoms with E-state index in [-0.39, 0.29) is 5.97 Å². The minimum Gasteiger partial charge on any atom is -0.467 e. The molecular formula is C20H19BrN2O2. The second-order valence-electron chi connectivity index (χ2n) is 5.86. The number of hydrogen-bond donors (Lipinski definition) is 1. The van der Waals surface area contributed by atoms with Gasteiger partial charge in [0.15, 0.2) is 0 Å². The second kappa shape index (κ2) is 7.66. The molecular weight excluding hydrogens is 380 g/mol. The standard InChI is InChI=1S/C20H19BrN2O2/c1-13-7-6-10-15-16(21)12-22-19(18(13)15)23-17(20(24)25-2)11-14-8-4-3-5-9-14/h3-10,12,17H,11H2,1-2H3,(H,22,23). The molecule has 3 rings (SSSR count). The molecule has 0 aliphatic rings. The highest BCUT2D eigenvalue weighted by Gasteiger charge is 2.21. The van der Waals surface area contributed by atoms with Gasteiger partial charge >= 0.3 is 5.97 Å². The summed E-state index contributed by atoms with van der Waals surface area (Å²) in [7, 11) is 1.40. The number of benzene rings is 2. The van der Waals surface area contributed by atoms with Gasteiger partial charge in [-0.2, -0.15) is 0 Å². The Kier molecular flexibility index (Phi) is 5.34. The van der Waals surface area contributed by atoms with E-state index in [1.165, 1.54) is 7.11 Å². The number of halogens is 1. The average Bonchev–Trinajstić information content (AvgIpc) is 2.64. The van der Waals surface area contributed by atoms with Crippen LogP contribution in [0.5, 0.6) is 0 Å². The number of esters is 1. The number of nitrogens with zero attached hydrogens (tertiary/aromatic N) is 1. The highest BCUT2D eigenvalue weighted by atomic mass is 79.9. The second-order valence-corrected chi connectivity index (χ2v) is 6.72. The number of methoxy groups -OCH3 is 1. The van der Waals surface area contributed by atoms with E-state index in [1.807, 2.05) is 55.5 Å². The van der Waals surface area contributed by atoms with Gasteiger partial charge in [-0.15, -0.1) is 0 Å². The molecule has 128 valence electrons. The molecule has 1 N–H and O–H groups in total. The Bertz CT molecular complexity index is 897. The molecule has 0 bridgehead atoms. The number of pyridine rings is 1. The summed E-state index contributed by atoms with van der Waals surface area (Å²) >= 11 is 3.55. The molecule has 5 heteroatoms. The molecule has 1 atom stereocenters. The zero-order chi connectivity index (χ0) is 17.8. The maximum Gasteiger partial charge on any atom is 0.328 e. The third kappa shape index (κ3) is 3.82. The van der Waals surface area contributed by atoms with Crippen LogP contribution in [-0.4, -0.2) is 24.1 Å². The molecule has 0 saturated heterocycles. The van der Waals surface area contributed by atoms with Crippen molar-refractivity contribution >= 4 is 38.5 Å². The van der Waals surface area contributed by atoms with Crippen molar-refractivity contribution in [2.24, 2.45) is 0 Å². The van der Waals surface area contributed by atoms with E-state index >= 15 is 0 Å². The van der Waals surface area contributed by atoms with E-state index in [4.69, 9.17) is 4.74 Å². The summed E-state index contributed by atoms with van der Waals surface area (Å²) in [5.74, 6) is 0.373. The number of ether oxygens (including phenoxy) is 1. The molecule has 0 amide bonds. The van der Waals surface area contributed by atoms with Gasteiger partial charge < -0.3 is 10.1 Å². The molecule has 4 nitrogen and oxygen atoms in total. The number of aryl methyl sites for hydroxylation is 1. The smallest absolute Gasteiger partial charge is 0.328 e. The van der Waals surface area contributed by atoms with Crippen LogP contribution >= 0.6 is 15.9 Å². The first-order valence-corrected chi connectivity index (χ1v) is 8.81. The van der Waals surface area contributed by atoms with Crippen molar-refractivity contribution in [1.29, 1.82) is 0 Å². The van der Waals surface area contributed by atoms with Gasteiger partial charge in [-0.05, 0) is 34.0 Å². The van der Waals surface area contributed by atoms with Crippen LogP contribution in [0.4, 0.5) is 5.82 Å². The zero-order valence-corrected chi connectivity index (χ0v) is 15.7. The lowest BCUT2D eigenvalue weighted by Gasteiger charge is -2.19. The lowest BCUT2D eigenvalue weighted by Crippen LogP contribution is -2.33. The molecule has 1 unspecified atom stereocenters. The van der Waals surface area contributed by atoms with Crippen molar-refractivity contribution in [3.8, 4) is 0 Å². The maximum absolute atomic E-state index is 12.3. The van der Waals surface area contributed by atoms with Crippen LogP contribution < -0.4 is 5.32 Å². The van der Waals surface area contributed by atoms with E-state index in [2.05, 4.69) is 26.2 Å². The molecule has 0 aliphatic heterocycles. The Morgan fingerprint density at radius 1 is 1.20 bits per heavy atom. The number of aromatic nitrogens is 1. The zero-order valence-electron chi connectivity index (χ0n) is 14.1. The Hall–Kier alpha value is -2.40. The molecule has 0 radical (unpaired) electrons. The Morgan fingerprint density at radius 3 is 2.68 bits per heavy atom. The summed E-state index contributed by atoms with van der Waals surface area (Å²) in [6.07, 6.45) is 2.28. The number of anilines is 1. The highest BCUT2D eigenvalue weighted by molar-refractivity contribution is 9.10. The third-order valence-electron chi connectivity index (χ3n) is 4.15. The predicted molar refractivity (Wildman–Crippen MR) is 104 cm³/mol. The fraction of sp³-hybridized carbons (Fsp3) is 0.200. The highest BCUT2D eigenvalue weighted by Crippen LogP contribution is 2.31. The van der Waals surface area contributed by atoms with Crippen LogP contribution in [0.25, 0.3) is 10.8 Å². The Labute approximate surface area is 155 Å². The van der Waals surface area contributed by atoms with Gasteiger partial charge in [-0.3, -0.25) is 0 Å². The van der Waals surface area contributed by atoms with Gasteiger partial charge in [0.25, 0.3) is 0 Å². The normalized spacial score (nSPS) is 12.0. The van der Waals surface area contributed by atoms with Crippen molar-refractivity contribution in [2.45, 2.75) is 19.4 Å². The topological polar surface area (TPSA) is 51.2 Å². The fourth-order valence-electron chi connectivity index (χ4n) is 2.90. The van der Waals surface area contributed by atoms with Crippen LogP contribution in [0.3, 0.4) is 0 Å². The molecule has 3 aromatic rings. The number of fused-ring (bicyclic) bond motifs is 1. The maximum atomic E-state index is 12.3. The van der Waals surface area contributed by atoms with Gasteiger partial charge in [-0.25, -0.2) is 9.78 Å².